The SMILES string of the molecule is Cc1cnn(-c2ccc([C@@H](C)Nc3nccc(N4C(=O)OC[C@@H]4C(C)C)n3)cc2F)c1. The average Bonchev–Trinajstić information content (AvgIpc) is 3.33. The van der Waals surface area contributed by atoms with E-state index in [4.69, 9.17) is 4.74 Å². The van der Waals surface area contributed by atoms with Gasteiger partial charge < -0.3 is 10.1 Å². The molecule has 0 spiro atoms. The molecular weight excluding hydrogens is 399 g/mol. The van der Waals surface area contributed by atoms with Gasteiger partial charge in [0.2, 0.25) is 5.95 Å². The van der Waals surface area contributed by atoms with Crippen molar-refractivity contribution < 1.29 is 13.9 Å². The molecule has 2 aromatic heterocycles. The molecule has 0 radical (unpaired) electrons. The molecule has 3 heterocycles. The first-order valence-corrected chi connectivity index (χ1v) is 10.2. The third-order valence-electron chi connectivity index (χ3n) is 5.34. The number of aromatic nitrogens is 4. The smallest absolute Gasteiger partial charge is 0.415 e. The molecule has 9 heteroatoms. The van der Waals surface area contributed by atoms with E-state index in [1.807, 2.05) is 33.8 Å². The van der Waals surface area contributed by atoms with E-state index in [0.29, 0.717) is 24.1 Å². The average molecular weight is 424 g/mol. The Bertz CT molecular complexity index is 1100. The van der Waals surface area contributed by atoms with E-state index in [2.05, 4.69) is 20.4 Å². The van der Waals surface area contributed by atoms with E-state index in [1.54, 1.807) is 35.6 Å². The number of aryl methyl sites for hydroxylation is 1. The van der Waals surface area contributed by atoms with Crippen molar-refractivity contribution in [2.45, 2.75) is 39.8 Å². The van der Waals surface area contributed by atoms with Crippen LogP contribution in [0.15, 0.2) is 42.9 Å². The van der Waals surface area contributed by atoms with Crippen LogP contribution in [0.25, 0.3) is 5.69 Å². The minimum absolute atomic E-state index is 0.0831. The van der Waals surface area contributed by atoms with Gasteiger partial charge in [-0.2, -0.15) is 10.1 Å². The van der Waals surface area contributed by atoms with Gasteiger partial charge in [0.25, 0.3) is 0 Å². The van der Waals surface area contributed by atoms with Crippen LogP contribution in [0, 0.1) is 18.7 Å². The fourth-order valence-electron chi connectivity index (χ4n) is 3.54. The number of carbonyl (C=O) groups is 1. The molecule has 1 aliphatic heterocycles. The van der Waals surface area contributed by atoms with Crippen LogP contribution in [-0.2, 0) is 4.74 Å². The Morgan fingerprint density at radius 2 is 2.06 bits per heavy atom. The topological polar surface area (TPSA) is 85.2 Å². The number of nitrogens with one attached hydrogen (secondary N) is 1. The van der Waals surface area contributed by atoms with Crippen LogP contribution < -0.4 is 10.2 Å². The highest BCUT2D eigenvalue weighted by molar-refractivity contribution is 5.89. The monoisotopic (exact) mass is 424 g/mol. The van der Waals surface area contributed by atoms with Crippen molar-refractivity contribution in [1.29, 1.82) is 0 Å². The number of nitrogens with zero attached hydrogens (tertiary/aromatic N) is 5. The van der Waals surface area contributed by atoms with E-state index in [0.717, 1.165) is 11.1 Å². The van der Waals surface area contributed by atoms with Crippen molar-refractivity contribution >= 4 is 17.9 Å². The Morgan fingerprint density at radius 1 is 1.26 bits per heavy atom. The van der Waals surface area contributed by atoms with Gasteiger partial charge in [0, 0.05) is 12.4 Å². The van der Waals surface area contributed by atoms with Gasteiger partial charge in [-0.15, -0.1) is 0 Å². The highest BCUT2D eigenvalue weighted by Crippen LogP contribution is 2.27. The summed E-state index contributed by atoms with van der Waals surface area (Å²) in [6, 6.07) is 6.34. The number of hydrogen-bond acceptors (Lipinski definition) is 6. The second-order valence-electron chi connectivity index (χ2n) is 8.04. The molecule has 162 valence electrons. The lowest BCUT2D eigenvalue weighted by Crippen LogP contribution is -2.37. The molecular formula is C22H25FN6O2. The lowest BCUT2D eigenvalue weighted by atomic mass is 10.0. The van der Waals surface area contributed by atoms with E-state index >= 15 is 0 Å². The lowest BCUT2D eigenvalue weighted by molar-refractivity contribution is 0.177. The standard InChI is InChI=1S/C22H25FN6O2/c1-13(2)19-12-31-22(30)29(19)20-7-8-24-21(27-20)26-15(4)16-5-6-18(17(23)9-16)28-11-14(3)10-25-28/h5-11,13,15,19H,12H2,1-4H3,(H,24,26,27)/t15-,19-/m1/s1. The summed E-state index contributed by atoms with van der Waals surface area (Å²) in [6.07, 6.45) is 4.63. The zero-order valence-electron chi connectivity index (χ0n) is 17.9. The number of benzene rings is 1. The van der Waals surface area contributed by atoms with Gasteiger partial charge in [-0.3, -0.25) is 4.90 Å². The van der Waals surface area contributed by atoms with Crippen molar-refractivity contribution in [2.24, 2.45) is 5.92 Å². The highest BCUT2D eigenvalue weighted by Gasteiger charge is 2.37. The predicted molar refractivity (Wildman–Crippen MR) is 115 cm³/mol. The maximum atomic E-state index is 14.7. The number of hydrogen-bond donors (Lipinski definition) is 1. The molecule has 1 saturated heterocycles. The summed E-state index contributed by atoms with van der Waals surface area (Å²) in [7, 11) is 0. The van der Waals surface area contributed by atoms with E-state index < -0.39 is 6.09 Å². The fourth-order valence-corrected chi connectivity index (χ4v) is 3.54. The molecule has 0 bridgehead atoms. The number of anilines is 2. The summed E-state index contributed by atoms with van der Waals surface area (Å²) in [5.74, 6) is 0.668. The zero-order valence-corrected chi connectivity index (χ0v) is 17.9. The van der Waals surface area contributed by atoms with Gasteiger partial charge in [0.05, 0.1) is 18.3 Å². The van der Waals surface area contributed by atoms with Crippen LogP contribution >= 0.6 is 0 Å². The Labute approximate surface area is 180 Å². The number of rotatable bonds is 6. The molecule has 0 aliphatic carbocycles. The summed E-state index contributed by atoms with van der Waals surface area (Å²) < 4.78 is 21.4. The van der Waals surface area contributed by atoms with Crippen molar-refractivity contribution in [2.75, 3.05) is 16.8 Å². The summed E-state index contributed by atoms with van der Waals surface area (Å²) in [4.78, 5) is 22.5. The quantitative estimate of drug-likeness (QED) is 0.636. The summed E-state index contributed by atoms with van der Waals surface area (Å²) in [5.41, 5.74) is 2.08. The van der Waals surface area contributed by atoms with Crippen molar-refractivity contribution in [3.05, 3.63) is 59.8 Å². The normalized spacial score (nSPS) is 17.2. The van der Waals surface area contributed by atoms with Gasteiger partial charge in [-0.05, 0) is 49.1 Å². The minimum Gasteiger partial charge on any atom is -0.447 e. The van der Waals surface area contributed by atoms with Crippen LogP contribution in [0.3, 0.4) is 0 Å². The molecule has 0 saturated carbocycles. The summed E-state index contributed by atoms with van der Waals surface area (Å²) >= 11 is 0. The first-order valence-electron chi connectivity index (χ1n) is 10.2. The molecule has 1 fully saturated rings. The number of carbonyl (C=O) groups excluding carboxylic acids is 1. The molecule has 2 atom stereocenters. The number of halogens is 1. The Kier molecular flexibility index (Phi) is 5.58. The highest BCUT2D eigenvalue weighted by atomic mass is 19.1. The lowest BCUT2D eigenvalue weighted by Gasteiger charge is -2.23. The van der Waals surface area contributed by atoms with Crippen molar-refractivity contribution in [3.8, 4) is 5.69 Å². The Hall–Kier alpha value is -3.49. The minimum atomic E-state index is -0.414. The molecule has 1 aliphatic rings. The first-order chi connectivity index (χ1) is 14.8. The molecule has 1 aromatic carbocycles. The molecule has 0 unspecified atom stereocenters. The Morgan fingerprint density at radius 3 is 2.74 bits per heavy atom. The van der Waals surface area contributed by atoms with Crippen molar-refractivity contribution in [1.82, 2.24) is 19.7 Å². The molecule has 8 nitrogen and oxygen atoms in total. The van der Waals surface area contributed by atoms with Crippen LogP contribution in [0.1, 0.15) is 37.9 Å². The fraction of sp³-hybridized carbons (Fsp3) is 0.364. The Balaban J connectivity index is 1.53. The third-order valence-corrected chi connectivity index (χ3v) is 5.34. The predicted octanol–water partition coefficient (Wildman–Crippen LogP) is 4.26. The van der Waals surface area contributed by atoms with Gasteiger partial charge >= 0.3 is 6.09 Å². The maximum Gasteiger partial charge on any atom is 0.415 e. The van der Waals surface area contributed by atoms with E-state index in [1.165, 1.54) is 10.7 Å². The van der Waals surface area contributed by atoms with Crippen LogP contribution in [-0.4, -0.2) is 38.5 Å². The van der Waals surface area contributed by atoms with Crippen LogP contribution in [0.4, 0.5) is 21.0 Å². The molecule has 31 heavy (non-hydrogen) atoms. The van der Waals surface area contributed by atoms with Crippen LogP contribution in [0.2, 0.25) is 0 Å². The molecule has 3 aromatic rings. The maximum absolute atomic E-state index is 14.7. The van der Waals surface area contributed by atoms with Gasteiger partial charge in [-0.25, -0.2) is 18.9 Å². The largest absolute Gasteiger partial charge is 0.447 e. The van der Waals surface area contributed by atoms with Crippen LogP contribution in [0.5, 0.6) is 0 Å². The molecule has 4 rings (SSSR count). The molecule has 1 amide bonds. The van der Waals surface area contributed by atoms with E-state index in [9.17, 15) is 9.18 Å². The second-order valence-corrected chi connectivity index (χ2v) is 8.04. The van der Waals surface area contributed by atoms with Gasteiger partial charge in [0.15, 0.2) is 0 Å². The molecule has 1 N–H and O–H groups in total. The van der Waals surface area contributed by atoms with E-state index in [-0.39, 0.29) is 23.8 Å². The summed E-state index contributed by atoms with van der Waals surface area (Å²) in [6.45, 7) is 8.20. The third kappa shape index (κ3) is 4.21. The number of ether oxygens (including phenoxy) is 1. The summed E-state index contributed by atoms with van der Waals surface area (Å²) in [5, 5.41) is 7.34. The first kappa shape index (κ1) is 20.8. The van der Waals surface area contributed by atoms with Gasteiger partial charge in [0.1, 0.15) is 23.9 Å². The van der Waals surface area contributed by atoms with Crippen molar-refractivity contribution in [3.63, 3.8) is 0 Å². The second kappa shape index (κ2) is 8.33. The number of cyclic esters (lactones) is 1. The van der Waals surface area contributed by atoms with Gasteiger partial charge in [-0.1, -0.05) is 19.9 Å². The number of amides is 1. The zero-order chi connectivity index (χ0) is 22.1.